The topological polar surface area (TPSA) is 79.5 Å². The lowest BCUT2D eigenvalue weighted by molar-refractivity contribution is 0.0686. The van der Waals surface area contributed by atoms with Gasteiger partial charge < -0.3 is 10.2 Å². The van der Waals surface area contributed by atoms with E-state index >= 15 is 0 Å². The first-order valence-electron chi connectivity index (χ1n) is 5.05. The fourth-order valence-electron chi connectivity index (χ4n) is 1.62. The minimum absolute atomic E-state index is 0.312. The molecule has 0 aliphatic heterocycles. The predicted molar refractivity (Wildman–Crippen MR) is 76.1 cm³/mol. The fourth-order valence-corrected chi connectivity index (χ4v) is 2.85. The largest absolute Gasteiger partial charge is 0.508 e. The molecule has 2 aromatic rings. The maximum Gasteiger partial charge on any atom is 0.353 e. The van der Waals surface area contributed by atoms with Crippen LogP contribution in [0.1, 0.15) is 10.5 Å². The van der Waals surface area contributed by atoms with E-state index in [1.807, 2.05) is 0 Å². The molecule has 2 N–H and O–H groups in total. The molecular formula is C12H7Br2NO4. The van der Waals surface area contributed by atoms with E-state index in [1.165, 1.54) is 0 Å². The van der Waals surface area contributed by atoms with Gasteiger partial charge in [-0.1, -0.05) is 15.9 Å². The van der Waals surface area contributed by atoms with Crippen LogP contribution in [0.4, 0.5) is 0 Å². The number of carboxylic acid groups (broad SMARTS) is 1. The molecule has 0 spiro atoms. The monoisotopic (exact) mass is 387 g/mol. The number of hydrogen-bond acceptors (Lipinski definition) is 3. The molecule has 19 heavy (non-hydrogen) atoms. The normalized spacial score (nSPS) is 10.4. The summed E-state index contributed by atoms with van der Waals surface area (Å²) in [5, 5.41) is 18.5. The zero-order valence-corrected chi connectivity index (χ0v) is 12.5. The van der Waals surface area contributed by atoms with Gasteiger partial charge in [-0.3, -0.25) is 9.36 Å². The van der Waals surface area contributed by atoms with Gasteiger partial charge in [0.15, 0.2) is 0 Å². The maximum atomic E-state index is 11.9. The van der Waals surface area contributed by atoms with Crippen molar-refractivity contribution < 1.29 is 15.0 Å². The number of benzene rings is 1. The van der Waals surface area contributed by atoms with E-state index in [0.717, 1.165) is 21.2 Å². The molecule has 0 fully saturated rings. The van der Waals surface area contributed by atoms with Crippen molar-refractivity contribution in [2.75, 3.05) is 0 Å². The average molecular weight is 389 g/mol. The van der Waals surface area contributed by atoms with Crippen molar-refractivity contribution in [1.82, 2.24) is 4.57 Å². The van der Waals surface area contributed by atoms with E-state index in [2.05, 4.69) is 31.9 Å². The number of aromatic hydroxyl groups is 1. The predicted octanol–water partition coefficient (Wildman–Crippen LogP) is 2.77. The first-order valence-corrected chi connectivity index (χ1v) is 6.63. The summed E-state index contributed by atoms with van der Waals surface area (Å²) in [7, 11) is 0. The second kappa shape index (κ2) is 5.18. The molecule has 2 rings (SSSR count). The summed E-state index contributed by atoms with van der Waals surface area (Å²) in [6.45, 7) is 0. The number of halogens is 2. The van der Waals surface area contributed by atoms with Crippen LogP contribution in [0.25, 0.3) is 5.69 Å². The lowest BCUT2D eigenvalue weighted by Gasteiger charge is -2.12. The molecule has 0 atom stereocenters. The van der Waals surface area contributed by atoms with Gasteiger partial charge in [0, 0.05) is 21.1 Å². The van der Waals surface area contributed by atoms with Gasteiger partial charge >= 0.3 is 5.97 Å². The Labute approximate surface area is 124 Å². The summed E-state index contributed by atoms with van der Waals surface area (Å²) in [5.74, 6) is -1.69. The molecule has 7 heteroatoms. The summed E-state index contributed by atoms with van der Waals surface area (Å²) in [6.07, 6.45) is 0. The highest BCUT2D eigenvalue weighted by molar-refractivity contribution is 9.11. The van der Waals surface area contributed by atoms with Crippen LogP contribution in [-0.4, -0.2) is 20.7 Å². The first-order chi connectivity index (χ1) is 8.90. The van der Waals surface area contributed by atoms with Crippen molar-refractivity contribution in [3.8, 4) is 11.4 Å². The molecular weight excluding hydrogens is 382 g/mol. The van der Waals surface area contributed by atoms with E-state index in [0.29, 0.717) is 10.2 Å². The Morgan fingerprint density at radius 2 is 1.84 bits per heavy atom. The summed E-state index contributed by atoms with van der Waals surface area (Å²) >= 11 is 6.55. The second-order valence-electron chi connectivity index (χ2n) is 3.67. The van der Waals surface area contributed by atoms with Gasteiger partial charge in [0.25, 0.3) is 5.56 Å². The SMILES string of the molecule is O=C(O)c1cc(O)cc(=O)n1-c1ccc(Br)cc1Br. The summed E-state index contributed by atoms with van der Waals surface area (Å²) in [4.78, 5) is 23.1. The minimum atomic E-state index is -1.30. The van der Waals surface area contributed by atoms with E-state index in [1.54, 1.807) is 18.2 Å². The lowest BCUT2D eigenvalue weighted by atomic mass is 10.2. The Morgan fingerprint density at radius 3 is 2.42 bits per heavy atom. The van der Waals surface area contributed by atoms with Gasteiger partial charge in [-0.2, -0.15) is 0 Å². The molecule has 0 saturated carbocycles. The molecule has 0 amide bonds. The van der Waals surface area contributed by atoms with Crippen LogP contribution in [0.2, 0.25) is 0 Å². The first kappa shape index (κ1) is 13.8. The zero-order valence-electron chi connectivity index (χ0n) is 9.30. The van der Waals surface area contributed by atoms with Gasteiger partial charge in [-0.05, 0) is 34.1 Å². The van der Waals surface area contributed by atoms with Gasteiger partial charge in [0.1, 0.15) is 11.4 Å². The number of hydrogen-bond donors (Lipinski definition) is 2. The molecule has 0 unspecified atom stereocenters. The maximum absolute atomic E-state index is 11.9. The van der Waals surface area contributed by atoms with Gasteiger partial charge in [0.05, 0.1) is 5.69 Å². The van der Waals surface area contributed by atoms with Crippen molar-refractivity contribution >= 4 is 37.8 Å². The molecule has 0 aliphatic carbocycles. The summed E-state index contributed by atoms with van der Waals surface area (Å²) in [5.41, 5.74) is -0.556. The standard InChI is InChI=1S/C12H7Br2NO4/c13-6-1-2-9(8(14)3-6)15-10(12(18)19)4-7(16)5-11(15)17/h1-5,16H,(H,18,19). The van der Waals surface area contributed by atoms with Crippen LogP contribution in [0.5, 0.6) is 5.75 Å². The van der Waals surface area contributed by atoms with E-state index < -0.39 is 11.5 Å². The van der Waals surface area contributed by atoms with Crippen LogP contribution >= 0.6 is 31.9 Å². The molecule has 0 saturated heterocycles. The van der Waals surface area contributed by atoms with Crippen molar-refractivity contribution in [2.24, 2.45) is 0 Å². The smallest absolute Gasteiger partial charge is 0.353 e. The third-order valence-corrected chi connectivity index (χ3v) is 3.52. The van der Waals surface area contributed by atoms with Crippen molar-refractivity contribution in [3.05, 3.63) is 55.3 Å². The van der Waals surface area contributed by atoms with Gasteiger partial charge in [0.2, 0.25) is 0 Å². The highest BCUT2D eigenvalue weighted by Gasteiger charge is 2.16. The third-order valence-electron chi connectivity index (χ3n) is 2.39. The van der Waals surface area contributed by atoms with Crippen LogP contribution < -0.4 is 5.56 Å². The van der Waals surface area contributed by atoms with Crippen molar-refractivity contribution in [1.29, 1.82) is 0 Å². The van der Waals surface area contributed by atoms with Gasteiger partial charge in [-0.25, -0.2) is 4.79 Å². The molecule has 5 nitrogen and oxygen atoms in total. The Morgan fingerprint density at radius 1 is 1.16 bits per heavy atom. The molecule has 1 aromatic carbocycles. The molecule has 1 heterocycles. The Kier molecular flexibility index (Phi) is 3.77. The van der Waals surface area contributed by atoms with E-state index in [-0.39, 0.29) is 11.4 Å². The Hall–Kier alpha value is -1.60. The number of nitrogens with zero attached hydrogens (tertiary/aromatic N) is 1. The lowest BCUT2D eigenvalue weighted by Crippen LogP contribution is -2.23. The van der Waals surface area contributed by atoms with Crippen LogP contribution in [-0.2, 0) is 0 Å². The van der Waals surface area contributed by atoms with Crippen molar-refractivity contribution in [2.45, 2.75) is 0 Å². The van der Waals surface area contributed by atoms with Gasteiger partial charge in [-0.15, -0.1) is 0 Å². The fraction of sp³-hybridized carbons (Fsp3) is 0. The zero-order chi connectivity index (χ0) is 14.2. The molecule has 0 aliphatic rings. The molecule has 0 bridgehead atoms. The van der Waals surface area contributed by atoms with Crippen LogP contribution in [0, 0.1) is 0 Å². The summed E-state index contributed by atoms with van der Waals surface area (Å²) < 4.78 is 2.35. The van der Waals surface area contributed by atoms with Crippen molar-refractivity contribution in [3.63, 3.8) is 0 Å². The van der Waals surface area contributed by atoms with E-state index in [9.17, 15) is 14.7 Å². The summed E-state index contributed by atoms with van der Waals surface area (Å²) in [6, 6.07) is 6.96. The number of rotatable bonds is 2. The van der Waals surface area contributed by atoms with Crippen LogP contribution in [0.15, 0.2) is 44.1 Å². The number of aromatic nitrogens is 1. The molecule has 0 radical (unpaired) electrons. The number of pyridine rings is 1. The molecule has 1 aromatic heterocycles. The second-order valence-corrected chi connectivity index (χ2v) is 5.44. The Balaban J connectivity index is 2.81. The third kappa shape index (κ3) is 2.71. The van der Waals surface area contributed by atoms with E-state index in [4.69, 9.17) is 5.11 Å². The number of carboxylic acids is 1. The number of carbonyl (C=O) groups is 1. The number of aromatic carboxylic acids is 1. The minimum Gasteiger partial charge on any atom is -0.508 e. The highest BCUT2D eigenvalue weighted by Crippen LogP contribution is 2.25. The molecule has 98 valence electrons. The van der Waals surface area contributed by atoms with Crippen LogP contribution in [0.3, 0.4) is 0 Å². The highest BCUT2D eigenvalue weighted by atomic mass is 79.9. The Bertz CT molecular complexity index is 724. The quantitative estimate of drug-likeness (QED) is 0.828. The average Bonchev–Trinajstić information content (AvgIpc) is 2.29.